The van der Waals surface area contributed by atoms with Crippen LogP contribution in [0.4, 0.5) is 5.82 Å². The zero-order valence-electron chi connectivity index (χ0n) is 18.7. The van der Waals surface area contributed by atoms with E-state index in [0.717, 1.165) is 5.56 Å². The number of carbonyl (C=O) groups is 1. The minimum absolute atomic E-state index is 0.000760. The summed E-state index contributed by atoms with van der Waals surface area (Å²) in [6, 6.07) is 16.4. The van der Waals surface area contributed by atoms with E-state index in [1.165, 1.54) is 24.0 Å². The third-order valence-electron chi connectivity index (χ3n) is 5.89. The topological polar surface area (TPSA) is 155 Å². The number of aromatic hydroxyl groups is 1. The van der Waals surface area contributed by atoms with Crippen molar-refractivity contribution in [3.63, 3.8) is 0 Å². The first-order valence-corrected chi connectivity index (χ1v) is 11.0. The number of likely N-dealkylation sites (N-methyl/N-ethyl adjacent to an activating group) is 1. The second kappa shape index (κ2) is 9.29. The molecule has 0 bridgehead atoms. The highest BCUT2D eigenvalue weighted by atomic mass is 16.6. The van der Waals surface area contributed by atoms with Gasteiger partial charge in [-0.25, -0.2) is 15.0 Å². The van der Waals surface area contributed by atoms with Gasteiger partial charge in [0, 0.05) is 13.6 Å². The molecular weight excluding hydrogens is 452 g/mol. The Morgan fingerprint density at radius 3 is 2.54 bits per heavy atom. The summed E-state index contributed by atoms with van der Waals surface area (Å²) < 4.78 is 7.16. The van der Waals surface area contributed by atoms with Gasteiger partial charge in [-0.15, -0.1) is 0 Å². The summed E-state index contributed by atoms with van der Waals surface area (Å²) in [7, 11) is 1.42. The van der Waals surface area contributed by atoms with E-state index in [9.17, 15) is 20.1 Å². The summed E-state index contributed by atoms with van der Waals surface area (Å²) in [5.74, 6) is 0.0768. The lowest BCUT2D eigenvalue weighted by molar-refractivity contribution is -0.137. The molecule has 2 aromatic carbocycles. The molecule has 1 saturated heterocycles. The molecule has 3 heterocycles. The average molecular weight is 476 g/mol. The van der Waals surface area contributed by atoms with Gasteiger partial charge in [-0.1, -0.05) is 42.5 Å². The predicted molar refractivity (Wildman–Crippen MR) is 126 cm³/mol. The summed E-state index contributed by atoms with van der Waals surface area (Å²) in [5, 5.41) is 37.1. The van der Waals surface area contributed by atoms with Crippen LogP contribution in [0.15, 0.2) is 60.9 Å². The number of para-hydroxylation sites is 1. The Kier molecular flexibility index (Phi) is 6.03. The highest BCUT2D eigenvalue weighted by molar-refractivity contribution is 5.86. The largest absolute Gasteiger partial charge is 0.507 e. The number of nitrogens with zero attached hydrogens (tertiary/aromatic N) is 4. The molecule has 2 aromatic heterocycles. The fraction of sp³-hybridized carbons (Fsp3) is 0.250. The molecule has 5 N–H and O–H groups in total. The van der Waals surface area contributed by atoms with Gasteiger partial charge in [0.25, 0.3) is 5.91 Å². The molecule has 1 aliphatic heterocycles. The van der Waals surface area contributed by atoms with Crippen molar-refractivity contribution in [3.05, 3.63) is 66.5 Å². The molecule has 1 aliphatic rings. The first kappa shape index (κ1) is 22.7. The minimum Gasteiger partial charge on any atom is -0.507 e. The van der Waals surface area contributed by atoms with Gasteiger partial charge in [0.15, 0.2) is 35.1 Å². The first-order chi connectivity index (χ1) is 17.0. The van der Waals surface area contributed by atoms with Crippen LogP contribution in [0.2, 0.25) is 0 Å². The van der Waals surface area contributed by atoms with Gasteiger partial charge in [0.1, 0.15) is 18.0 Å². The molecule has 180 valence electrons. The number of phenols is 1. The lowest BCUT2D eigenvalue weighted by Gasteiger charge is -2.17. The van der Waals surface area contributed by atoms with Crippen molar-refractivity contribution in [2.75, 3.05) is 12.4 Å². The maximum Gasteiger partial charge on any atom is 0.251 e. The Labute approximate surface area is 200 Å². The number of hydrogen-bond donors (Lipinski definition) is 5. The number of aromatic nitrogens is 4. The fourth-order valence-electron chi connectivity index (χ4n) is 4.04. The number of aliphatic hydroxyl groups excluding tert-OH is 2. The Bertz CT molecular complexity index is 1360. The molecule has 4 aromatic rings. The lowest BCUT2D eigenvalue weighted by atomic mass is 10.1. The van der Waals surface area contributed by atoms with Crippen LogP contribution < -0.4 is 10.6 Å². The minimum atomic E-state index is -1.44. The Balaban J connectivity index is 1.59. The third-order valence-corrected chi connectivity index (χ3v) is 5.89. The molecular formula is C24H24N6O5. The number of ether oxygens (including phenoxy) is 1. The van der Waals surface area contributed by atoms with E-state index in [1.54, 1.807) is 18.2 Å². The number of fused-ring (bicyclic) bond motifs is 1. The number of hydrogen-bond acceptors (Lipinski definition) is 9. The van der Waals surface area contributed by atoms with E-state index in [-0.39, 0.29) is 11.6 Å². The molecule has 4 atom stereocenters. The van der Waals surface area contributed by atoms with Crippen LogP contribution in [0, 0.1) is 0 Å². The fourth-order valence-corrected chi connectivity index (χ4v) is 4.04. The normalized spacial score (nSPS) is 21.8. The molecule has 0 aliphatic carbocycles. The molecule has 35 heavy (non-hydrogen) atoms. The molecule has 0 saturated carbocycles. The van der Waals surface area contributed by atoms with E-state index < -0.39 is 30.4 Å². The number of rotatable bonds is 6. The molecule has 11 nitrogen and oxygen atoms in total. The SMILES string of the molecule is CNC(=O)[C@H]1O[C@@H](n2cnc3c(NCc4ccccc4)nc(-c4ccccc4O)nc32)[C@H](O)[C@@H]1O. The zero-order chi connectivity index (χ0) is 24.5. The van der Waals surface area contributed by atoms with Crippen LogP contribution in [0.1, 0.15) is 11.8 Å². The number of nitrogens with one attached hydrogen (secondary N) is 2. The maximum absolute atomic E-state index is 12.1. The van der Waals surface area contributed by atoms with Gasteiger partial charge in [-0.2, -0.15) is 0 Å². The van der Waals surface area contributed by atoms with Crippen LogP contribution in [-0.2, 0) is 16.1 Å². The first-order valence-electron chi connectivity index (χ1n) is 11.0. The predicted octanol–water partition coefficient (Wildman–Crippen LogP) is 1.18. The van der Waals surface area contributed by atoms with Crippen molar-refractivity contribution < 1.29 is 24.9 Å². The summed E-state index contributed by atoms with van der Waals surface area (Å²) in [6.45, 7) is 0.458. The number of carbonyl (C=O) groups excluding carboxylic acids is 1. The van der Waals surface area contributed by atoms with Crippen LogP contribution >= 0.6 is 0 Å². The Morgan fingerprint density at radius 1 is 1.06 bits per heavy atom. The third kappa shape index (κ3) is 4.16. The molecule has 0 radical (unpaired) electrons. The van der Waals surface area contributed by atoms with E-state index >= 15 is 0 Å². The summed E-state index contributed by atoms with van der Waals surface area (Å²) >= 11 is 0. The standard InChI is InChI=1S/C24H24N6O5/c1-25-23(34)19-17(32)18(33)24(35-19)30-12-27-16-21(26-11-13-7-3-2-4-8-13)28-20(29-22(16)30)14-9-5-6-10-15(14)31/h2-10,12,17-19,24,31-33H,11H2,1H3,(H,25,34)(H,26,28,29)/t17-,18+,19-,24+/m0/s1. The van der Waals surface area contributed by atoms with Crippen molar-refractivity contribution in [3.8, 4) is 17.1 Å². The molecule has 0 spiro atoms. The van der Waals surface area contributed by atoms with Crippen molar-refractivity contribution in [1.29, 1.82) is 0 Å². The highest BCUT2D eigenvalue weighted by Gasteiger charge is 2.47. The van der Waals surface area contributed by atoms with Gasteiger partial charge < -0.3 is 30.7 Å². The van der Waals surface area contributed by atoms with Gasteiger partial charge >= 0.3 is 0 Å². The van der Waals surface area contributed by atoms with E-state index in [2.05, 4.69) is 25.6 Å². The van der Waals surface area contributed by atoms with Crippen LogP contribution in [0.3, 0.4) is 0 Å². The molecule has 1 amide bonds. The van der Waals surface area contributed by atoms with Gasteiger partial charge in [0.05, 0.1) is 11.9 Å². The quantitative estimate of drug-likeness (QED) is 0.276. The van der Waals surface area contributed by atoms with Crippen molar-refractivity contribution >= 4 is 22.9 Å². The molecule has 1 fully saturated rings. The maximum atomic E-state index is 12.1. The van der Waals surface area contributed by atoms with E-state index in [1.807, 2.05) is 30.3 Å². The zero-order valence-corrected chi connectivity index (χ0v) is 18.7. The van der Waals surface area contributed by atoms with E-state index in [0.29, 0.717) is 29.1 Å². The summed E-state index contributed by atoms with van der Waals surface area (Å²) in [5.41, 5.74) is 2.12. The molecule has 0 unspecified atom stereocenters. The van der Waals surface area contributed by atoms with Crippen LogP contribution in [0.5, 0.6) is 5.75 Å². The number of amides is 1. The summed E-state index contributed by atoms with van der Waals surface area (Å²) in [4.78, 5) is 25.7. The van der Waals surface area contributed by atoms with Crippen molar-refractivity contribution in [2.24, 2.45) is 0 Å². The number of anilines is 1. The highest BCUT2D eigenvalue weighted by Crippen LogP contribution is 2.34. The lowest BCUT2D eigenvalue weighted by Crippen LogP contribution is -2.41. The monoisotopic (exact) mass is 476 g/mol. The van der Waals surface area contributed by atoms with E-state index in [4.69, 9.17) is 4.74 Å². The van der Waals surface area contributed by atoms with Crippen LogP contribution in [0.25, 0.3) is 22.6 Å². The second-order valence-electron chi connectivity index (χ2n) is 8.12. The number of phenolic OH excluding ortho intramolecular Hbond substituents is 1. The smallest absolute Gasteiger partial charge is 0.251 e. The summed E-state index contributed by atoms with van der Waals surface area (Å²) in [6.07, 6.45) is -3.81. The second-order valence-corrected chi connectivity index (χ2v) is 8.12. The molecule has 11 heteroatoms. The van der Waals surface area contributed by atoms with Gasteiger partial charge in [-0.3, -0.25) is 9.36 Å². The Hall–Kier alpha value is -4.06. The van der Waals surface area contributed by atoms with Gasteiger partial charge in [0.2, 0.25) is 0 Å². The van der Waals surface area contributed by atoms with Gasteiger partial charge in [-0.05, 0) is 17.7 Å². The molecule has 5 rings (SSSR count). The average Bonchev–Trinajstić information content (AvgIpc) is 3.43. The van der Waals surface area contributed by atoms with Crippen molar-refractivity contribution in [2.45, 2.75) is 31.1 Å². The number of imidazole rings is 1. The van der Waals surface area contributed by atoms with Crippen LogP contribution in [-0.4, -0.2) is 66.1 Å². The number of benzene rings is 2. The number of aliphatic hydroxyl groups is 2. The Morgan fingerprint density at radius 2 is 1.80 bits per heavy atom. The van der Waals surface area contributed by atoms with Crippen molar-refractivity contribution in [1.82, 2.24) is 24.8 Å².